The van der Waals surface area contributed by atoms with E-state index >= 15 is 0 Å². The lowest BCUT2D eigenvalue weighted by Gasteiger charge is -2.48. The van der Waals surface area contributed by atoms with Gasteiger partial charge in [0.05, 0.1) is 4.92 Å². The van der Waals surface area contributed by atoms with Crippen molar-refractivity contribution in [2.24, 2.45) is 0 Å². The molecule has 1 aliphatic rings. The Morgan fingerprint density at radius 1 is 0.911 bits per heavy atom. The van der Waals surface area contributed by atoms with Crippen molar-refractivity contribution in [3.63, 3.8) is 0 Å². The highest BCUT2D eigenvalue weighted by atomic mass is 32.2. The first-order chi connectivity index (χ1) is 20.7. The Balaban J connectivity index is 2.96. The maximum atomic E-state index is 14.4. The third-order valence-corrected chi connectivity index (χ3v) is 7.94. The van der Waals surface area contributed by atoms with E-state index in [1.165, 1.54) is 32.9 Å². The Morgan fingerprint density at radius 3 is 1.91 bits per heavy atom. The molecule has 1 saturated heterocycles. The summed E-state index contributed by atoms with van der Waals surface area (Å²) in [7, 11) is -5.17. The van der Waals surface area contributed by atoms with E-state index < -0.39 is 104 Å². The Hall–Kier alpha value is -4.16. The molecule has 6 atom stereocenters. The van der Waals surface area contributed by atoms with Crippen LogP contribution in [0.25, 0.3) is 0 Å². The van der Waals surface area contributed by atoms with Crippen LogP contribution >= 0.6 is 0 Å². The molecule has 1 aliphatic heterocycles. The summed E-state index contributed by atoms with van der Waals surface area (Å²) in [5.41, 5.74) is -2.01. The van der Waals surface area contributed by atoms with Gasteiger partial charge in [0, 0.05) is 33.8 Å². The molecule has 0 N–H and O–H groups in total. The van der Waals surface area contributed by atoms with Crippen molar-refractivity contribution in [1.82, 2.24) is 4.31 Å². The molecule has 0 amide bonds. The van der Waals surface area contributed by atoms with Gasteiger partial charge in [0.2, 0.25) is 0 Å². The predicted molar refractivity (Wildman–Crippen MR) is 149 cm³/mol. The highest BCUT2D eigenvalue weighted by molar-refractivity contribution is 7.89. The predicted octanol–water partition coefficient (Wildman–Crippen LogP) is 1.40. The zero-order valence-corrected chi connectivity index (χ0v) is 26.7. The molecule has 0 unspecified atom stereocenters. The van der Waals surface area contributed by atoms with Crippen LogP contribution in [0.1, 0.15) is 55.4 Å². The lowest BCUT2D eigenvalue weighted by atomic mass is 9.96. The minimum atomic E-state index is -5.17. The molecule has 250 valence electrons. The number of nitro groups is 1. The molecular formula is C27H36N2O15S. The largest absolute Gasteiger partial charge is 0.463 e. The van der Waals surface area contributed by atoms with Gasteiger partial charge in [-0.2, -0.15) is 4.31 Å². The maximum Gasteiger partial charge on any atom is 0.324 e. The Bertz CT molecular complexity index is 1420. The minimum Gasteiger partial charge on any atom is -0.463 e. The number of para-hydroxylation sites is 1. The smallest absolute Gasteiger partial charge is 0.324 e. The van der Waals surface area contributed by atoms with Crippen LogP contribution in [0.15, 0.2) is 29.2 Å². The van der Waals surface area contributed by atoms with Crippen LogP contribution in [-0.2, 0) is 62.4 Å². The summed E-state index contributed by atoms with van der Waals surface area (Å²) >= 11 is 0. The van der Waals surface area contributed by atoms with Crippen molar-refractivity contribution in [2.45, 2.75) is 103 Å². The fraction of sp³-hybridized carbons (Fsp3) is 0.593. The highest BCUT2D eigenvalue weighted by Gasteiger charge is 2.58. The molecule has 0 radical (unpaired) electrons. The summed E-state index contributed by atoms with van der Waals surface area (Å²) in [4.78, 5) is 71.8. The number of rotatable bonds is 11. The number of hydrogen-bond donors (Lipinski definition) is 0. The number of sulfonamides is 1. The number of carbonyl (C=O) groups is 5. The van der Waals surface area contributed by atoms with E-state index in [0.717, 1.165) is 46.8 Å². The number of hydrogen-bond acceptors (Lipinski definition) is 15. The van der Waals surface area contributed by atoms with Crippen LogP contribution in [0.5, 0.6) is 0 Å². The lowest BCUT2D eigenvalue weighted by Crippen LogP contribution is -2.68. The lowest BCUT2D eigenvalue weighted by molar-refractivity contribution is -0.387. The summed E-state index contributed by atoms with van der Waals surface area (Å²) in [5.74, 6) is -4.93. The second-order valence-corrected chi connectivity index (χ2v) is 12.7. The average Bonchev–Trinajstić information content (AvgIpc) is 2.88. The third-order valence-electron chi connectivity index (χ3n) is 5.96. The molecule has 0 saturated carbocycles. The van der Waals surface area contributed by atoms with Gasteiger partial charge in [0.25, 0.3) is 15.7 Å². The SMILES string of the molecule is CC(=O)OC[C@H]1O[C@H](N([C@@H](C)C(=O)OC(C)(C)C)S(=O)(=O)c2ccccc2[N+](=O)[O-])[C@H](OC(C)=O)[C@@H](OC(C)=O)[C@@H]1OC(C)=O. The van der Waals surface area contributed by atoms with Gasteiger partial charge in [0.1, 0.15) is 24.4 Å². The Kier molecular flexibility index (Phi) is 12.1. The number of carbonyl (C=O) groups excluding carboxylic acids is 5. The molecule has 1 aromatic rings. The van der Waals surface area contributed by atoms with E-state index in [0.29, 0.717) is 4.31 Å². The molecule has 1 aromatic carbocycles. The number of nitro benzene ring substituents is 1. The standard InChI is InChI=1S/C27H36N2O15S/c1-14(26(34)44-27(6,7)8)28(45(37,38)21-12-10-9-11-19(21)29(35)36)25-24(42-18(5)33)23(41-17(4)32)22(40-16(3)31)20(43-25)13-39-15(2)30/h9-12,14,20,22-25H,13H2,1-8H3/t14-,20+,22+,23-,24+,25-/m0/s1. The van der Waals surface area contributed by atoms with E-state index in [1.807, 2.05) is 0 Å². The van der Waals surface area contributed by atoms with E-state index in [9.17, 15) is 42.5 Å². The summed E-state index contributed by atoms with van der Waals surface area (Å²) in [6, 6.07) is 2.40. The van der Waals surface area contributed by atoms with Crippen LogP contribution in [0, 0.1) is 10.1 Å². The molecular weight excluding hydrogens is 624 g/mol. The summed E-state index contributed by atoms with van der Waals surface area (Å²) in [5, 5.41) is 11.9. The van der Waals surface area contributed by atoms with E-state index in [2.05, 4.69) is 0 Å². The van der Waals surface area contributed by atoms with Crippen LogP contribution in [-0.4, -0.2) is 96.4 Å². The summed E-state index contributed by atoms with van der Waals surface area (Å²) < 4.78 is 61.6. The Labute approximate surface area is 259 Å². The summed E-state index contributed by atoms with van der Waals surface area (Å²) in [6.45, 7) is 8.85. The third kappa shape index (κ3) is 9.66. The fourth-order valence-electron chi connectivity index (χ4n) is 4.41. The number of ether oxygens (including phenoxy) is 6. The number of benzene rings is 1. The molecule has 0 spiro atoms. The van der Waals surface area contributed by atoms with Crippen LogP contribution in [0.2, 0.25) is 0 Å². The Morgan fingerprint density at radius 2 is 1.42 bits per heavy atom. The number of nitrogens with zero attached hydrogens (tertiary/aromatic N) is 2. The monoisotopic (exact) mass is 660 g/mol. The van der Waals surface area contributed by atoms with Crippen LogP contribution in [0.3, 0.4) is 0 Å². The van der Waals surface area contributed by atoms with Gasteiger partial charge < -0.3 is 28.4 Å². The maximum absolute atomic E-state index is 14.4. The topological polar surface area (TPSA) is 221 Å². The zero-order chi connectivity index (χ0) is 34.4. The fourth-order valence-corrected chi connectivity index (χ4v) is 6.24. The molecule has 0 aromatic heterocycles. The second-order valence-electron chi connectivity index (χ2n) is 10.9. The molecule has 17 nitrogen and oxygen atoms in total. The van der Waals surface area contributed by atoms with E-state index in [-0.39, 0.29) is 0 Å². The zero-order valence-electron chi connectivity index (χ0n) is 25.9. The first-order valence-electron chi connectivity index (χ1n) is 13.5. The van der Waals surface area contributed by atoms with Crippen molar-refractivity contribution in [3.8, 4) is 0 Å². The van der Waals surface area contributed by atoms with Gasteiger partial charge in [-0.25, -0.2) is 8.42 Å². The van der Waals surface area contributed by atoms with Crippen molar-refractivity contribution >= 4 is 45.6 Å². The van der Waals surface area contributed by atoms with Crippen LogP contribution in [0.4, 0.5) is 5.69 Å². The quantitative estimate of drug-likeness (QED) is 0.142. The van der Waals surface area contributed by atoms with Gasteiger partial charge in [0.15, 0.2) is 29.4 Å². The van der Waals surface area contributed by atoms with Gasteiger partial charge in [-0.15, -0.1) is 0 Å². The molecule has 0 aliphatic carbocycles. The molecule has 1 fully saturated rings. The van der Waals surface area contributed by atoms with E-state index in [4.69, 9.17) is 28.4 Å². The van der Waals surface area contributed by atoms with Gasteiger partial charge >= 0.3 is 29.8 Å². The first kappa shape index (κ1) is 37.0. The van der Waals surface area contributed by atoms with Crippen molar-refractivity contribution in [2.75, 3.05) is 6.61 Å². The molecule has 18 heteroatoms. The first-order valence-corrected chi connectivity index (χ1v) is 14.9. The van der Waals surface area contributed by atoms with Gasteiger partial charge in [-0.05, 0) is 33.8 Å². The van der Waals surface area contributed by atoms with Crippen molar-refractivity contribution in [3.05, 3.63) is 34.4 Å². The van der Waals surface area contributed by atoms with Crippen molar-refractivity contribution in [1.29, 1.82) is 0 Å². The van der Waals surface area contributed by atoms with E-state index in [1.54, 1.807) is 0 Å². The van der Waals surface area contributed by atoms with Gasteiger partial charge in [-0.3, -0.25) is 34.1 Å². The van der Waals surface area contributed by atoms with Gasteiger partial charge in [-0.1, -0.05) is 12.1 Å². The minimum absolute atomic E-state index is 0.373. The second kappa shape index (κ2) is 14.7. The molecule has 45 heavy (non-hydrogen) atoms. The molecule has 1 heterocycles. The molecule has 0 bridgehead atoms. The van der Waals surface area contributed by atoms with Crippen LogP contribution < -0.4 is 0 Å². The summed E-state index contributed by atoms with van der Waals surface area (Å²) in [6.07, 6.45) is -9.10. The number of esters is 5. The van der Waals surface area contributed by atoms with Crippen molar-refractivity contribution < 1.29 is 65.7 Å². The molecule has 2 rings (SSSR count). The average molecular weight is 661 g/mol. The normalized spacial score (nSPS) is 22.5. The highest BCUT2D eigenvalue weighted by Crippen LogP contribution is 2.37.